The van der Waals surface area contributed by atoms with Crippen molar-refractivity contribution in [2.75, 3.05) is 0 Å². The predicted octanol–water partition coefficient (Wildman–Crippen LogP) is -2.30. The van der Waals surface area contributed by atoms with E-state index >= 15 is 0 Å². The standard InChI is InChI=1S/C6H8O9S.Na.H/c7-3(8)1-6(12,5(10)11)2-4(9)15-16(13)14;;/h12H,1-2H2,(H,7,8)(H,10,11)(H,13,14);;. The van der Waals surface area contributed by atoms with Crippen LogP contribution in [0.5, 0.6) is 0 Å². The van der Waals surface area contributed by atoms with Crippen LogP contribution in [0.1, 0.15) is 12.8 Å². The molecule has 0 rings (SSSR count). The second-order valence-corrected chi connectivity index (χ2v) is 3.36. The molecule has 0 bridgehead atoms. The summed E-state index contributed by atoms with van der Waals surface area (Å²) in [6, 6.07) is 0. The molecule has 11 heteroatoms. The molecule has 0 saturated heterocycles. The van der Waals surface area contributed by atoms with Crippen molar-refractivity contribution in [1.29, 1.82) is 0 Å². The molecule has 0 amide bonds. The Kier molecular flexibility index (Phi) is 8.57. The van der Waals surface area contributed by atoms with Gasteiger partial charge in [0.1, 0.15) is 0 Å². The summed E-state index contributed by atoms with van der Waals surface area (Å²) in [4.78, 5) is 31.5. The van der Waals surface area contributed by atoms with Gasteiger partial charge in [-0.25, -0.2) is 4.79 Å². The molecule has 9 nitrogen and oxygen atoms in total. The van der Waals surface area contributed by atoms with Gasteiger partial charge in [-0.2, -0.15) is 4.21 Å². The van der Waals surface area contributed by atoms with Gasteiger partial charge in [-0.3, -0.25) is 14.1 Å². The van der Waals surface area contributed by atoms with Gasteiger partial charge in [-0.15, -0.1) is 0 Å². The molecule has 0 spiro atoms. The molecule has 0 aliphatic rings. The summed E-state index contributed by atoms with van der Waals surface area (Å²) in [5.74, 6) is -5.11. The Balaban J connectivity index is 0. The number of carboxylic acid groups (broad SMARTS) is 2. The molecular formula is C6H9NaO9S. The first kappa shape index (κ1) is 18.8. The van der Waals surface area contributed by atoms with E-state index in [1.165, 1.54) is 0 Å². The number of carboxylic acids is 2. The van der Waals surface area contributed by atoms with Crippen molar-refractivity contribution >= 4 is 58.8 Å². The first-order valence-corrected chi connectivity index (χ1v) is 4.70. The van der Waals surface area contributed by atoms with Gasteiger partial charge in [0.2, 0.25) is 0 Å². The van der Waals surface area contributed by atoms with Crippen LogP contribution < -0.4 is 0 Å². The summed E-state index contributed by atoms with van der Waals surface area (Å²) in [6.45, 7) is 0. The third kappa shape index (κ3) is 7.41. The molecular weight excluding hydrogens is 271 g/mol. The third-order valence-corrected chi connectivity index (χ3v) is 1.77. The first-order chi connectivity index (χ1) is 7.17. The van der Waals surface area contributed by atoms with Crippen LogP contribution in [0, 0.1) is 0 Å². The van der Waals surface area contributed by atoms with E-state index in [1.54, 1.807) is 0 Å². The molecule has 17 heavy (non-hydrogen) atoms. The van der Waals surface area contributed by atoms with Gasteiger partial charge in [0, 0.05) is 0 Å². The molecule has 0 aliphatic heterocycles. The van der Waals surface area contributed by atoms with Gasteiger partial charge in [0.25, 0.3) is 0 Å². The molecule has 0 heterocycles. The molecule has 0 radical (unpaired) electrons. The van der Waals surface area contributed by atoms with Crippen LogP contribution in [0.3, 0.4) is 0 Å². The Morgan fingerprint density at radius 2 is 1.65 bits per heavy atom. The zero-order valence-corrected chi connectivity index (χ0v) is 8.47. The van der Waals surface area contributed by atoms with Gasteiger partial charge in [0.05, 0.1) is 12.8 Å². The fourth-order valence-electron chi connectivity index (χ4n) is 0.812. The quantitative estimate of drug-likeness (QED) is 0.310. The fraction of sp³-hybridized carbons (Fsp3) is 0.500. The van der Waals surface area contributed by atoms with E-state index in [-0.39, 0.29) is 29.6 Å². The SMILES string of the molecule is O=C(O)CC(O)(CC(=O)OS(=O)O)C(=O)O.[NaH]. The molecule has 2 unspecified atom stereocenters. The van der Waals surface area contributed by atoms with Crippen LogP contribution in [0.2, 0.25) is 0 Å². The summed E-state index contributed by atoms with van der Waals surface area (Å²) in [5, 5.41) is 26.1. The number of hydrogen-bond donors (Lipinski definition) is 4. The van der Waals surface area contributed by atoms with Crippen LogP contribution in [-0.4, -0.2) is 77.1 Å². The number of rotatable bonds is 6. The Bertz CT molecular complexity index is 342. The minimum atomic E-state index is -2.96. The zero-order chi connectivity index (χ0) is 12.9. The van der Waals surface area contributed by atoms with E-state index in [0.29, 0.717) is 0 Å². The predicted molar refractivity (Wildman–Crippen MR) is 53.5 cm³/mol. The van der Waals surface area contributed by atoms with Gasteiger partial charge in [0.15, 0.2) is 5.60 Å². The Morgan fingerprint density at radius 1 is 1.18 bits per heavy atom. The number of carbonyl (C=O) groups is 3. The number of aliphatic carboxylic acids is 2. The normalized spacial score (nSPS) is 14.9. The van der Waals surface area contributed by atoms with Crippen LogP contribution in [-0.2, 0) is 29.9 Å². The summed E-state index contributed by atoms with van der Waals surface area (Å²) >= 11 is -2.96. The number of aliphatic hydroxyl groups is 1. The molecule has 2 atom stereocenters. The molecule has 0 fully saturated rings. The first-order valence-electron chi connectivity index (χ1n) is 3.67. The second kappa shape index (κ2) is 7.74. The summed E-state index contributed by atoms with van der Waals surface area (Å²) in [7, 11) is 0. The number of carbonyl (C=O) groups excluding carboxylic acids is 1. The summed E-state index contributed by atoms with van der Waals surface area (Å²) in [5.41, 5.74) is -2.87. The van der Waals surface area contributed by atoms with Crippen molar-refractivity contribution < 1.29 is 42.6 Å². The monoisotopic (exact) mass is 280 g/mol. The van der Waals surface area contributed by atoms with Crippen molar-refractivity contribution in [3.05, 3.63) is 0 Å². The molecule has 0 saturated carbocycles. The molecule has 0 aromatic rings. The maximum absolute atomic E-state index is 10.8. The average molecular weight is 280 g/mol. The summed E-state index contributed by atoms with van der Waals surface area (Å²) in [6.07, 6.45) is -2.49. The van der Waals surface area contributed by atoms with E-state index < -0.39 is 47.7 Å². The van der Waals surface area contributed by atoms with Crippen molar-refractivity contribution in [2.45, 2.75) is 18.4 Å². The van der Waals surface area contributed by atoms with Crippen molar-refractivity contribution in [3.63, 3.8) is 0 Å². The van der Waals surface area contributed by atoms with E-state index in [1.807, 2.05) is 0 Å². The number of hydrogen-bond acceptors (Lipinski definition) is 6. The van der Waals surface area contributed by atoms with Gasteiger partial charge < -0.3 is 19.5 Å². The van der Waals surface area contributed by atoms with Crippen molar-refractivity contribution in [2.24, 2.45) is 0 Å². The third-order valence-electron chi connectivity index (χ3n) is 1.44. The maximum atomic E-state index is 10.8. The Hall–Kier alpha value is -0.520. The van der Waals surface area contributed by atoms with Crippen LogP contribution in [0.15, 0.2) is 0 Å². The van der Waals surface area contributed by atoms with Gasteiger partial charge >= 0.3 is 58.8 Å². The van der Waals surface area contributed by atoms with E-state index in [0.717, 1.165) is 0 Å². The Labute approximate surface area is 120 Å². The molecule has 4 N–H and O–H groups in total. The van der Waals surface area contributed by atoms with Crippen LogP contribution in [0.25, 0.3) is 0 Å². The minimum absolute atomic E-state index is 0. The summed E-state index contributed by atoms with van der Waals surface area (Å²) < 4.78 is 21.8. The van der Waals surface area contributed by atoms with Crippen LogP contribution in [0.4, 0.5) is 0 Å². The van der Waals surface area contributed by atoms with Gasteiger partial charge in [-0.05, 0) is 0 Å². The topological polar surface area (TPSA) is 158 Å². The zero-order valence-electron chi connectivity index (χ0n) is 7.65. The van der Waals surface area contributed by atoms with E-state index in [9.17, 15) is 23.7 Å². The molecule has 0 aliphatic carbocycles. The fourth-order valence-corrected chi connectivity index (χ4v) is 1.03. The second-order valence-electron chi connectivity index (χ2n) is 2.76. The Morgan fingerprint density at radius 3 is 1.94 bits per heavy atom. The van der Waals surface area contributed by atoms with E-state index in [4.69, 9.17) is 14.8 Å². The molecule has 0 aromatic carbocycles. The average Bonchev–Trinajstić information content (AvgIpc) is 1.98. The van der Waals surface area contributed by atoms with Crippen molar-refractivity contribution in [3.8, 4) is 0 Å². The molecule has 0 aromatic heterocycles. The van der Waals surface area contributed by atoms with Gasteiger partial charge in [-0.1, -0.05) is 0 Å². The molecule has 94 valence electrons. The van der Waals surface area contributed by atoms with Crippen molar-refractivity contribution in [1.82, 2.24) is 0 Å². The van der Waals surface area contributed by atoms with Crippen LogP contribution >= 0.6 is 0 Å². The van der Waals surface area contributed by atoms with E-state index in [2.05, 4.69) is 4.18 Å².